The van der Waals surface area contributed by atoms with Crippen LogP contribution in [0.25, 0.3) is 0 Å². The van der Waals surface area contributed by atoms with Crippen molar-refractivity contribution < 1.29 is 13.2 Å². The summed E-state index contributed by atoms with van der Waals surface area (Å²) < 4.78 is 28.4. The lowest BCUT2D eigenvalue weighted by Crippen LogP contribution is -2.25. The van der Waals surface area contributed by atoms with Crippen LogP contribution in [-0.4, -0.2) is 20.9 Å². The number of hydrogen-bond donors (Lipinski definition) is 1. The van der Waals surface area contributed by atoms with Crippen molar-refractivity contribution >= 4 is 27.3 Å². The molecule has 132 valence electrons. The van der Waals surface area contributed by atoms with Gasteiger partial charge in [0.05, 0.1) is 4.90 Å². The van der Waals surface area contributed by atoms with E-state index in [1.807, 2.05) is 39.0 Å². The van der Waals surface area contributed by atoms with Crippen molar-refractivity contribution in [1.29, 1.82) is 0 Å². The summed E-state index contributed by atoms with van der Waals surface area (Å²) in [6.45, 7) is 7.74. The number of carbonyl (C=O) groups excluding carboxylic acids is 1. The number of benzene rings is 2. The van der Waals surface area contributed by atoms with Gasteiger partial charge in [0.25, 0.3) is 10.0 Å². The van der Waals surface area contributed by atoms with Gasteiger partial charge in [-0.1, -0.05) is 17.7 Å². The Morgan fingerprint density at radius 2 is 1.72 bits per heavy atom. The van der Waals surface area contributed by atoms with Crippen LogP contribution in [0.2, 0.25) is 0 Å². The van der Waals surface area contributed by atoms with Gasteiger partial charge in [-0.15, -0.1) is 0 Å². The molecule has 0 atom stereocenters. The first kappa shape index (κ1) is 17.5. The summed E-state index contributed by atoms with van der Waals surface area (Å²) >= 11 is 0. The fourth-order valence-electron chi connectivity index (χ4n) is 3.59. The highest BCUT2D eigenvalue weighted by Crippen LogP contribution is 2.32. The molecule has 1 amide bonds. The van der Waals surface area contributed by atoms with Gasteiger partial charge < -0.3 is 4.90 Å². The minimum absolute atomic E-state index is 0.00187. The number of fused-ring (bicyclic) bond motifs is 1. The molecule has 6 heteroatoms. The summed E-state index contributed by atoms with van der Waals surface area (Å²) in [6.07, 6.45) is 0.729. The molecule has 25 heavy (non-hydrogen) atoms. The molecule has 1 heterocycles. The lowest BCUT2D eigenvalue weighted by molar-refractivity contribution is -0.116. The monoisotopic (exact) mass is 358 g/mol. The highest BCUT2D eigenvalue weighted by molar-refractivity contribution is 7.92. The van der Waals surface area contributed by atoms with E-state index in [1.54, 1.807) is 17.0 Å². The van der Waals surface area contributed by atoms with Crippen molar-refractivity contribution in [1.82, 2.24) is 0 Å². The van der Waals surface area contributed by atoms with Crippen LogP contribution in [-0.2, 0) is 21.2 Å². The second kappa shape index (κ2) is 6.19. The van der Waals surface area contributed by atoms with Crippen molar-refractivity contribution in [2.75, 3.05) is 16.2 Å². The first-order chi connectivity index (χ1) is 11.7. The van der Waals surface area contributed by atoms with Gasteiger partial charge >= 0.3 is 0 Å². The van der Waals surface area contributed by atoms with E-state index in [9.17, 15) is 13.2 Å². The Morgan fingerprint density at radius 1 is 1.08 bits per heavy atom. The molecule has 0 fully saturated rings. The van der Waals surface area contributed by atoms with Crippen LogP contribution < -0.4 is 9.62 Å². The van der Waals surface area contributed by atoms with E-state index in [4.69, 9.17) is 0 Å². The molecule has 0 bridgehead atoms. The van der Waals surface area contributed by atoms with E-state index < -0.39 is 10.0 Å². The molecule has 0 unspecified atom stereocenters. The van der Waals surface area contributed by atoms with Gasteiger partial charge in [-0.05, 0) is 62.1 Å². The number of nitrogens with zero attached hydrogens (tertiary/aromatic N) is 1. The van der Waals surface area contributed by atoms with E-state index in [2.05, 4.69) is 4.72 Å². The molecular formula is C19H22N2O3S. The average molecular weight is 358 g/mol. The molecule has 0 radical (unpaired) electrons. The van der Waals surface area contributed by atoms with Gasteiger partial charge in [0, 0.05) is 24.8 Å². The van der Waals surface area contributed by atoms with Crippen LogP contribution in [0.3, 0.4) is 0 Å². The van der Waals surface area contributed by atoms with E-state index in [1.165, 1.54) is 6.92 Å². The topological polar surface area (TPSA) is 66.5 Å². The first-order valence-corrected chi connectivity index (χ1v) is 9.69. The Labute approximate surface area is 148 Å². The lowest BCUT2D eigenvalue weighted by atomic mass is 10.1. The van der Waals surface area contributed by atoms with Crippen molar-refractivity contribution in [2.45, 2.75) is 39.0 Å². The summed E-state index contributed by atoms with van der Waals surface area (Å²) in [6, 6.07) is 9.06. The Balaban J connectivity index is 1.94. The Morgan fingerprint density at radius 3 is 2.32 bits per heavy atom. The maximum Gasteiger partial charge on any atom is 0.262 e. The van der Waals surface area contributed by atoms with Crippen molar-refractivity contribution in [3.63, 3.8) is 0 Å². The summed E-state index contributed by atoms with van der Waals surface area (Å²) in [5.74, 6) is -0.00187. The van der Waals surface area contributed by atoms with Crippen LogP contribution >= 0.6 is 0 Å². The minimum atomic E-state index is -3.67. The van der Waals surface area contributed by atoms with E-state index in [0.717, 1.165) is 34.4 Å². The summed E-state index contributed by atoms with van der Waals surface area (Å²) in [5, 5.41) is 0. The zero-order valence-electron chi connectivity index (χ0n) is 14.9. The van der Waals surface area contributed by atoms with Gasteiger partial charge in [0.2, 0.25) is 5.91 Å². The van der Waals surface area contributed by atoms with Crippen molar-refractivity contribution in [3.8, 4) is 0 Å². The summed E-state index contributed by atoms with van der Waals surface area (Å²) in [7, 11) is -3.67. The number of rotatable bonds is 3. The zero-order chi connectivity index (χ0) is 18.4. The molecule has 1 aliphatic heterocycles. The minimum Gasteiger partial charge on any atom is -0.312 e. The van der Waals surface area contributed by atoms with Gasteiger partial charge in [-0.2, -0.15) is 0 Å². The van der Waals surface area contributed by atoms with Crippen molar-refractivity contribution in [2.24, 2.45) is 0 Å². The van der Waals surface area contributed by atoms with E-state index >= 15 is 0 Å². The largest absolute Gasteiger partial charge is 0.312 e. The third kappa shape index (κ3) is 3.26. The van der Waals surface area contributed by atoms with Crippen LogP contribution in [0, 0.1) is 20.8 Å². The highest BCUT2D eigenvalue weighted by atomic mass is 32.2. The SMILES string of the molecule is CC(=O)N1CCc2cc(NS(=O)(=O)c3c(C)cc(C)cc3C)ccc21. The Bertz CT molecular complexity index is 942. The van der Waals surface area contributed by atoms with Crippen molar-refractivity contribution in [3.05, 3.63) is 52.6 Å². The lowest BCUT2D eigenvalue weighted by Gasteiger charge is -2.16. The molecule has 0 saturated heterocycles. The molecule has 0 aliphatic carbocycles. The smallest absolute Gasteiger partial charge is 0.262 e. The molecule has 2 aromatic carbocycles. The fraction of sp³-hybridized carbons (Fsp3) is 0.316. The van der Waals surface area contributed by atoms with Crippen LogP contribution in [0.5, 0.6) is 0 Å². The van der Waals surface area contributed by atoms with Crippen LogP contribution in [0.4, 0.5) is 11.4 Å². The fourth-order valence-corrected chi connectivity index (χ4v) is 5.09. The van der Waals surface area contributed by atoms with Gasteiger partial charge in [0.1, 0.15) is 0 Å². The summed E-state index contributed by atoms with van der Waals surface area (Å²) in [4.78, 5) is 13.7. The standard InChI is InChI=1S/C19H22N2O3S/c1-12-9-13(2)19(14(3)10-12)25(23,24)20-17-5-6-18-16(11-17)7-8-21(18)15(4)22/h5-6,9-11,20H,7-8H2,1-4H3. The number of aryl methyl sites for hydroxylation is 3. The predicted molar refractivity (Wildman–Crippen MR) is 99.6 cm³/mol. The van der Waals surface area contributed by atoms with Crippen LogP contribution in [0.1, 0.15) is 29.2 Å². The van der Waals surface area contributed by atoms with Gasteiger partial charge in [0.15, 0.2) is 0 Å². The Hall–Kier alpha value is -2.34. The molecule has 5 nitrogen and oxygen atoms in total. The number of amides is 1. The number of carbonyl (C=O) groups is 1. The molecule has 3 rings (SSSR count). The third-order valence-corrected chi connectivity index (χ3v) is 6.17. The molecule has 2 aromatic rings. The molecule has 1 N–H and O–H groups in total. The highest BCUT2D eigenvalue weighted by Gasteiger charge is 2.24. The third-order valence-electron chi connectivity index (χ3n) is 4.48. The quantitative estimate of drug-likeness (QED) is 0.915. The number of hydrogen-bond acceptors (Lipinski definition) is 3. The predicted octanol–water partition coefficient (Wildman–Crippen LogP) is 3.32. The second-order valence-electron chi connectivity index (χ2n) is 6.60. The molecule has 0 spiro atoms. The second-order valence-corrected chi connectivity index (χ2v) is 8.22. The van der Waals surface area contributed by atoms with E-state index in [-0.39, 0.29) is 5.91 Å². The number of nitrogens with one attached hydrogen (secondary N) is 1. The summed E-state index contributed by atoms with van der Waals surface area (Å²) in [5.41, 5.74) is 4.85. The zero-order valence-corrected chi connectivity index (χ0v) is 15.7. The normalized spacial score (nSPS) is 13.7. The average Bonchev–Trinajstić information content (AvgIpc) is 2.88. The number of anilines is 2. The molecule has 0 aromatic heterocycles. The Kier molecular flexibility index (Phi) is 4.33. The number of sulfonamides is 1. The van der Waals surface area contributed by atoms with Gasteiger partial charge in [-0.3, -0.25) is 9.52 Å². The van der Waals surface area contributed by atoms with E-state index in [0.29, 0.717) is 17.1 Å². The molecule has 1 aliphatic rings. The maximum atomic E-state index is 12.9. The van der Waals surface area contributed by atoms with Gasteiger partial charge in [-0.25, -0.2) is 8.42 Å². The molecule has 0 saturated carbocycles. The maximum absolute atomic E-state index is 12.9. The van der Waals surface area contributed by atoms with Crippen LogP contribution in [0.15, 0.2) is 35.2 Å². The first-order valence-electron chi connectivity index (χ1n) is 8.21. The molecular weight excluding hydrogens is 336 g/mol.